The lowest BCUT2D eigenvalue weighted by molar-refractivity contribution is 0.654. The molecule has 0 bridgehead atoms. The van der Waals surface area contributed by atoms with Crippen LogP contribution in [-0.2, 0) is 13.0 Å². The topological polar surface area (TPSA) is 20.2 Å². The average molecular weight is 386 g/mol. The third kappa shape index (κ3) is 2.96. The van der Waals surface area contributed by atoms with Gasteiger partial charge in [-0.25, -0.2) is 0 Å². The van der Waals surface area contributed by atoms with Crippen molar-refractivity contribution in [1.29, 1.82) is 0 Å². The first kappa shape index (κ1) is 19.4. The van der Waals surface area contributed by atoms with Gasteiger partial charge in [0, 0.05) is 31.2 Å². The van der Waals surface area contributed by atoms with Crippen molar-refractivity contribution >= 4 is 16.6 Å². The Morgan fingerprint density at radius 1 is 1.14 bits per heavy atom. The first-order valence-electron chi connectivity index (χ1n) is 10.5. The summed E-state index contributed by atoms with van der Waals surface area (Å²) in [7, 11) is 1.99. The first-order chi connectivity index (χ1) is 14.0. The minimum absolute atomic E-state index is 0.950. The molecule has 0 spiro atoms. The van der Waals surface area contributed by atoms with Crippen molar-refractivity contribution in [2.75, 3.05) is 18.5 Å². The highest BCUT2D eigenvalue weighted by Crippen LogP contribution is 2.45. The normalized spacial score (nSPS) is 13.8. The molecule has 0 saturated heterocycles. The van der Waals surface area contributed by atoms with Gasteiger partial charge in [0.2, 0.25) is 0 Å². The fraction of sp³-hybridized carbons (Fsp3) is 0.308. The largest absolute Gasteiger partial charge is 0.375 e. The van der Waals surface area contributed by atoms with Crippen LogP contribution in [0.2, 0.25) is 0 Å². The van der Waals surface area contributed by atoms with Crippen LogP contribution in [0.15, 0.2) is 54.9 Å². The summed E-state index contributed by atoms with van der Waals surface area (Å²) in [5.41, 5.74) is 10.8. The summed E-state index contributed by atoms with van der Waals surface area (Å²) in [4.78, 5) is 2.43. The molecule has 0 atom stereocenters. The van der Waals surface area contributed by atoms with Gasteiger partial charge in [-0.3, -0.25) is 0 Å². The number of anilines is 1. The Hall–Kier alpha value is -2.94. The molecular formula is C26H31N3. The van der Waals surface area contributed by atoms with Gasteiger partial charge < -0.3 is 14.8 Å². The quantitative estimate of drug-likeness (QED) is 0.555. The van der Waals surface area contributed by atoms with Crippen molar-refractivity contribution in [2.24, 2.45) is 0 Å². The van der Waals surface area contributed by atoms with Crippen molar-refractivity contribution in [3.63, 3.8) is 0 Å². The number of hydrogen-bond donors (Lipinski definition) is 1. The van der Waals surface area contributed by atoms with Gasteiger partial charge in [0.1, 0.15) is 5.82 Å². The van der Waals surface area contributed by atoms with Gasteiger partial charge in [-0.1, -0.05) is 49.4 Å². The van der Waals surface area contributed by atoms with Crippen molar-refractivity contribution in [2.45, 2.75) is 40.7 Å². The zero-order valence-electron chi connectivity index (χ0n) is 18.3. The van der Waals surface area contributed by atoms with Crippen molar-refractivity contribution < 1.29 is 0 Å². The van der Waals surface area contributed by atoms with Crippen molar-refractivity contribution in [3.05, 3.63) is 77.3 Å². The summed E-state index contributed by atoms with van der Waals surface area (Å²) in [6.07, 6.45) is 4.94. The van der Waals surface area contributed by atoms with Crippen LogP contribution in [0.25, 0.3) is 22.0 Å². The highest BCUT2D eigenvalue weighted by molar-refractivity contribution is 6.07. The van der Waals surface area contributed by atoms with E-state index in [4.69, 9.17) is 0 Å². The molecule has 3 nitrogen and oxygen atoms in total. The summed E-state index contributed by atoms with van der Waals surface area (Å²) in [6, 6.07) is 11.4. The Balaban J connectivity index is 2.10. The van der Waals surface area contributed by atoms with Crippen LogP contribution in [0.5, 0.6) is 0 Å². The van der Waals surface area contributed by atoms with Crippen molar-refractivity contribution in [3.8, 4) is 11.1 Å². The predicted octanol–water partition coefficient (Wildman–Crippen LogP) is 5.86. The Morgan fingerprint density at radius 3 is 2.48 bits per heavy atom. The van der Waals surface area contributed by atoms with Crippen LogP contribution >= 0.6 is 0 Å². The van der Waals surface area contributed by atoms with E-state index in [2.05, 4.69) is 85.5 Å². The van der Waals surface area contributed by atoms with Gasteiger partial charge in [-0.05, 0) is 61.6 Å². The van der Waals surface area contributed by atoms with E-state index in [1.807, 2.05) is 13.1 Å². The highest BCUT2D eigenvalue weighted by atomic mass is 15.3. The number of benzene rings is 2. The van der Waals surface area contributed by atoms with Crippen LogP contribution < -0.4 is 10.2 Å². The minimum atomic E-state index is 0.950. The summed E-state index contributed by atoms with van der Waals surface area (Å²) >= 11 is 0. The summed E-state index contributed by atoms with van der Waals surface area (Å²) in [5.74, 6) is 1.10. The van der Waals surface area contributed by atoms with Gasteiger partial charge in [0.15, 0.2) is 0 Å². The molecule has 0 unspecified atom stereocenters. The van der Waals surface area contributed by atoms with E-state index in [1.54, 1.807) is 0 Å². The van der Waals surface area contributed by atoms with Crippen LogP contribution in [0.3, 0.4) is 0 Å². The molecule has 0 amide bonds. The second-order valence-corrected chi connectivity index (χ2v) is 7.94. The first-order valence-corrected chi connectivity index (χ1v) is 10.5. The summed E-state index contributed by atoms with van der Waals surface area (Å²) in [5, 5.41) is 4.74. The molecule has 0 saturated carbocycles. The van der Waals surface area contributed by atoms with E-state index < -0.39 is 0 Å². The number of nitrogens with one attached hydrogen (secondary N) is 1. The molecule has 0 fully saturated rings. The molecule has 4 rings (SSSR count). The lowest BCUT2D eigenvalue weighted by Gasteiger charge is -2.35. The lowest BCUT2D eigenvalue weighted by Crippen LogP contribution is -2.36. The average Bonchev–Trinajstić information content (AvgIpc) is 3.06. The van der Waals surface area contributed by atoms with E-state index in [1.165, 1.54) is 50.1 Å². The molecule has 3 aromatic rings. The molecule has 29 heavy (non-hydrogen) atoms. The molecule has 1 aromatic heterocycles. The van der Waals surface area contributed by atoms with Gasteiger partial charge in [-0.2, -0.15) is 0 Å². The number of allylic oxidation sites excluding steroid dienone is 2. The molecule has 0 aliphatic carbocycles. The summed E-state index contributed by atoms with van der Waals surface area (Å²) in [6.45, 7) is 14.8. The highest BCUT2D eigenvalue weighted by Gasteiger charge is 2.28. The Kier molecular flexibility index (Phi) is 4.99. The fourth-order valence-electron chi connectivity index (χ4n) is 4.88. The molecule has 0 radical (unpaired) electrons. The molecule has 1 aliphatic heterocycles. The molecular weight excluding hydrogens is 354 g/mol. The van der Waals surface area contributed by atoms with E-state index in [0.717, 1.165) is 25.3 Å². The van der Waals surface area contributed by atoms with E-state index in [-0.39, 0.29) is 0 Å². The Morgan fingerprint density at radius 2 is 1.86 bits per heavy atom. The SMILES string of the molecule is C=C/C=C(\NC)N1CCn2c(C)cc3c(-c4ccc(C)cc4)c(CC)c(C)c1c32. The number of aryl methyl sites for hydroxylation is 2. The third-order valence-corrected chi connectivity index (χ3v) is 6.24. The monoisotopic (exact) mass is 385 g/mol. The van der Waals surface area contributed by atoms with Crippen LogP contribution in [0, 0.1) is 20.8 Å². The second kappa shape index (κ2) is 7.47. The van der Waals surface area contributed by atoms with Crippen LogP contribution in [0.1, 0.15) is 29.3 Å². The van der Waals surface area contributed by atoms with Gasteiger partial charge in [0.05, 0.1) is 11.2 Å². The van der Waals surface area contributed by atoms with Gasteiger partial charge >= 0.3 is 0 Å². The Labute approximate surface area is 174 Å². The number of rotatable bonds is 5. The van der Waals surface area contributed by atoms with E-state index in [0.29, 0.717) is 0 Å². The standard InChI is InChI=1S/C26H31N3/c1-7-9-23(27-6)29-15-14-28-18(4)16-22-24(20-12-10-17(3)11-13-20)21(8-2)19(5)25(29)26(22)28/h7,9-13,16,27H,1,8,14-15H2,2-6H3/b23-9+. The van der Waals surface area contributed by atoms with E-state index >= 15 is 0 Å². The van der Waals surface area contributed by atoms with Crippen LogP contribution in [0.4, 0.5) is 5.69 Å². The Bertz CT molecular complexity index is 1110. The van der Waals surface area contributed by atoms with E-state index in [9.17, 15) is 0 Å². The maximum Gasteiger partial charge on any atom is 0.106 e. The number of hydrogen-bond acceptors (Lipinski definition) is 2. The smallest absolute Gasteiger partial charge is 0.106 e. The number of nitrogens with zero attached hydrogens (tertiary/aromatic N) is 2. The molecule has 1 N–H and O–H groups in total. The zero-order valence-corrected chi connectivity index (χ0v) is 18.3. The molecule has 1 aliphatic rings. The number of aromatic nitrogens is 1. The molecule has 2 aromatic carbocycles. The molecule has 3 heteroatoms. The fourth-order valence-corrected chi connectivity index (χ4v) is 4.88. The maximum absolute atomic E-state index is 3.91. The second-order valence-electron chi connectivity index (χ2n) is 7.94. The van der Waals surface area contributed by atoms with Crippen LogP contribution in [-0.4, -0.2) is 18.2 Å². The zero-order chi connectivity index (χ0) is 20.7. The lowest BCUT2D eigenvalue weighted by atomic mass is 9.88. The maximum atomic E-state index is 3.91. The molecule has 150 valence electrons. The minimum Gasteiger partial charge on any atom is -0.375 e. The molecule has 2 heterocycles. The predicted molar refractivity (Wildman–Crippen MR) is 126 cm³/mol. The van der Waals surface area contributed by atoms with Crippen molar-refractivity contribution in [1.82, 2.24) is 9.88 Å². The third-order valence-electron chi connectivity index (χ3n) is 6.24. The van der Waals surface area contributed by atoms with Gasteiger partial charge in [-0.15, -0.1) is 0 Å². The van der Waals surface area contributed by atoms with Gasteiger partial charge in [0.25, 0.3) is 0 Å². The summed E-state index contributed by atoms with van der Waals surface area (Å²) < 4.78 is 2.49.